The van der Waals surface area contributed by atoms with Gasteiger partial charge in [0.15, 0.2) is 5.69 Å². The summed E-state index contributed by atoms with van der Waals surface area (Å²) in [5.74, 6) is -0.466. The van der Waals surface area contributed by atoms with E-state index in [2.05, 4.69) is 5.10 Å². The number of nitrogens with zero attached hydrogens (tertiary/aromatic N) is 3. The number of halogens is 1. The number of aromatic nitrogens is 2. The van der Waals surface area contributed by atoms with Gasteiger partial charge in [-0.1, -0.05) is 18.2 Å². The number of para-hydroxylation sites is 1. The zero-order chi connectivity index (χ0) is 17.1. The molecule has 3 rings (SSSR count). The molecule has 24 heavy (non-hydrogen) atoms. The average Bonchev–Trinajstić information content (AvgIpc) is 3.08. The summed E-state index contributed by atoms with van der Waals surface area (Å²) < 4.78 is 14.6. The number of rotatable bonds is 4. The lowest BCUT2D eigenvalue weighted by atomic mass is 10.1. The lowest BCUT2D eigenvalue weighted by Gasteiger charge is -2.21. The quantitative estimate of drug-likeness (QED) is 0.728. The molecule has 122 valence electrons. The highest BCUT2D eigenvalue weighted by Crippen LogP contribution is 2.21. The maximum Gasteiger partial charge on any atom is 0.278 e. The Morgan fingerprint density at radius 2 is 1.83 bits per heavy atom. The summed E-state index contributed by atoms with van der Waals surface area (Å²) in [6.45, 7) is 4.46. The van der Waals surface area contributed by atoms with Crippen molar-refractivity contribution in [1.29, 1.82) is 0 Å². The molecule has 4 nitrogen and oxygen atoms in total. The van der Waals surface area contributed by atoms with E-state index in [1.165, 1.54) is 12.1 Å². The maximum absolute atomic E-state index is 13.0. The first-order chi connectivity index (χ1) is 11.6. The van der Waals surface area contributed by atoms with Gasteiger partial charge in [0.2, 0.25) is 0 Å². The van der Waals surface area contributed by atoms with Gasteiger partial charge in [0.1, 0.15) is 5.82 Å². The zero-order valence-corrected chi connectivity index (χ0v) is 13.6. The van der Waals surface area contributed by atoms with Gasteiger partial charge in [-0.3, -0.25) is 4.79 Å². The molecule has 0 saturated heterocycles. The van der Waals surface area contributed by atoms with Gasteiger partial charge in [-0.2, -0.15) is 5.10 Å². The average molecular weight is 323 g/mol. The molecule has 5 heteroatoms. The van der Waals surface area contributed by atoms with Gasteiger partial charge in [-0.25, -0.2) is 9.07 Å². The fourth-order valence-electron chi connectivity index (χ4n) is 2.60. The number of benzene rings is 2. The van der Waals surface area contributed by atoms with Crippen molar-refractivity contribution in [2.75, 3.05) is 11.4 Å². The summed E-state index contributed by atoms with van der Waals surface area (Å²) >= 11 is 0. The van der Waals surface area contributed by atoms with Crippen molar-refractivity contribution in [2.24, 2.45) is 0 Å². The van der Waals surface area contributed by atoms with Gasteiger partial charge >= 0.3 is 0 Å². The molecule has 0 radical (unpaired) electrons. The number of carbonyl (C=O) groups is 1. The van der Waals surface area contributed by atoms with Crippen molar-refractivity contribution in [2.45, 2.75) is 13.8 Å². The minimum absolute atomic E-state index is 0.160. The van der Waals surface area contributed by atoms with Gasteiger partial charge in [0, 0.05) is 18.4 Å². The molecule has 0 aliphatic rings. The first-order valence-corrected chi connectivity index (χ1v) is 7.79. The summed E-state index contributed by atoms with van der Waals surface area (Å²) in [5.41, 5.74) is 2.96. The van der Waals surface area contributed by atoms with Crippen LogP contribution in [0.5, 0.6) is 0 Å². The fourth-order valence-corrected chi connectivity index (χ4v) is 2.60. The molecular weight excluding hydrogens is 305 g/mol. The maximum atomic E-state index is 13.0. The van der Waals surface area contributed by atoms with Crippen molar-refractivity contribution in [3.63, 3.8) is 0 Å². The molecule has 0 unspecified atom stereocenters. The molecule has 0 fully saturated rings. The molecule has 0 bridgehead atoms. The van der Waals surface area contributed by atoms with E-state index in [1.54, 1.807) is 34.0 Å². The standard InChI is InChI=1S/C19H18FN3O/c1-3-22(18-7-5-4-6-14(18)2)19(24)17-12-13-23(21-17)16-10-8-15(20)9-11-16/h4-13H,3H2,1-2H3. The molecule has 0 aliphatic heterocycles. The Morgan fingerprint density at radius 1 is 1.12 bits per heavy atom. The molecular formula is C19H18FN3O. The number of anilines is 1. The summed E-state index contributed by atoms with van der Waals surface area (Å²) in [6, 6.07) is 15.4. The van der Waals surface area contributed by atoms with Gasteiger partial charge in [0.05, 0.1) is 5.69 Å². The van der Waals surface area contributed by atoms with E-state index < -0.39 is 0 Å². The second kappa shape index (κ2) is 6.66. The van der Waals surface area contributed by atoms with Crippen LogP contribution in [-0.4, -0.2) is 22.2 Å². The largest absolute Gasteiger partial charge is 0.307 e. The van der Waals surface area contributed by atoms with Crippen molar-refractivity contribution in [3.8, 4) is 5.69 Å². The molecule has 0 N–H and O–H groups in total. The number of carbonyl (C=O) groups excluding carboxylic acids is 1. The van der Waals surface area contributed by atoms with E-state index >= 15 is 0 Å². The number of hydrogen-bond acceptors (Lipinski definition) is 2. The van der Waals surface area contributed by atoms with Gasteiger partial charge in [-0.05, 0) is 55.8 Å². The van der Waals surface area contributed by atoms with Crippen LogP contribution in [-0.2, 0) is 0 Å². The molecule has 1 aromatic heterocycles. The second-order valence-corrected chi connectivity index (χ2v) is 5.46. The molecule has 2 aromatic carbocycles. The molecule has 0 saturated carbocycles. The number of amides is 1. The third-order valence-corrected chi connectivity index (χ3v) is 3.87. The highest BCUT2D eigenvalue weighted by molar-refractivity contribution is 6.05. The minimum Gasteiger partial charge on any atom is -0.307 e. The predicted octanol–water partition coefficient (Wildman–Crippen LogP) is 3.99. The van der Waals surface area contributed by atoms with E-state index in [9.17, 15) is 9.18 Å². The van der Waals surface area contributed by atoms with Gasteiger partial charge < -0.3 is 4.90 Å². The number of hydrogen-bond donors (Lipinski definition) is 0. The third kappa shape index (κ3) is 3.06. The van der Waals surface area contributed by atoms with E-state index in [1.807, 2.05) is 38.1 Å². The van der Waals surface area contributed by atoms with Crippen LogP contribution in [0.4, 0.5) is 10.1 Å². The Kier molecular flexibility index (Phi) is 4.42. The zero-order valence-electron chi connectivity index (χ0n) is 13.6. The van der Waals surface area contributed by atoms with E-state index in [0.717, 1.165) is 11.3 Å². The molecule has 1 amide bonds. The van der Waals surface area contributed by atoms with Crippen molar-refractivity contribution < 1.29 is 9.18 Å². The Balaban J connectivity index is 1.90. The topological polar surface area (TPSA) is 38.1 Å². The Hall–Kier alpha value is -2.95. The van der Waals surface area contributed by atoms with Crippen LogP contribution in [0.2, 0.25) is 0 Å². The van der Waals surface area contributed by atoms with Crippen LogP contribution in [0.3, 0.4) is 0 Å². The van der Waals surface area contributed by atoms with E-state index in [4.69, 9.17) is 0 Å². The van der Waals surface area contributed by atoms with Crippen molar-refractivity contribution in [1.82, 2.24) is 9.78 Å². The smallest absolute Gasteiger partial charge is 0.278 e. The van der Waals surface area contributed by atoms with Crippen LogP contribution in [0, 0.1) is 12.7 Å². The first kappa shape index (κ1) is 15.9. The van der Waals surface area contributed by atoms with Crippen LogP contribution >= 0.6 is 0 Å². The Morgan fingerprint density at radius 3 is 2.50 bits per heavy atom. The van der Waals surface area contributed by atoms with Crippen LogP contribution in [0.1, 0.15) is 23.0 Å². The number of aryl methyl sites for hydroxylation is 1. The minimum atomic E-state index is -0.307. The predicted molar refractivity (Wildman–Crippen MR) is 92.1 cm³/mol. The van der Waals surface area contributed by atoms with Crippen molar-refractivity contribution >= 4 is 11.6 Å². The summed E-state index contributed by atoms with van der Waals surface area (Å²) in [5, 5.41) is 4.34. The summed E-state index contributed by atoms with van der Waals surface area (Å²) in [7, 11) is 0. The normalized spacial score (nSPS) is 10.6. The van der Waals surface area contributed by atoms with E-state index in [0.29, 0.717) is 17.9 Å². The SMILES string of the molecule is CCN(C(=O)c1ccn(-c2ccc(F)cc2)n1)c1ccccc1C. The van der Waals surface area contributed by atoms with Crippen LogP contribution in [0.15, 0.2) is 60.8 Å². The Bertz CT molecular complexity index is 855. The second-order valence-electron chi connectivity index (χ2n) is 5.46. The summed E-state index contributed by atoms with van der Waals surface area (Å²) in [6.07, 6.45) is 1.70. The lowest BCUT2D eigenvalue weighted by molar-refractivity contribution is 0.0983. The van der Waals surface area contributed by atoms with Gasteiger partial charge in [-0.15, -0.1) is 0 Å². The molecule has 3 aromatic rings. The highest BCUT2D eigenvalue weighted by atomic mass is 19.1. The summed E-state index contributed by atoms with van der Waals surface area (Å²) in [4.78, 5) is 14.5. The fraction of sp³-hybridized carbons (Fsp3) is 0.158. The third-order valence-electron chi connectivity index (χ3n) is 3.87. The van der Waals surface area contributed by atoms with E-state index in [-0.39, 0.29) is 11.7 Å². The highest BCUT2D eigenvalue weighted by Gasteiger charge is 2.20. The monoisotopic (exact) mass is 323 g/mol. The molecule has 0 aliphatic carbocycles. The molecule has 0 spiro atoms. The lowest BCUT2D eigenvalue weighted by Crippen LogP contribution is -2.31. The van der Waals surface area contributed by atoms with Crippen molar-refractivity contribution in [3.05, 3.63) is 77.9 Å². The van der Waals surface area contributed by atoms with Crippen LogP contribution < -0.4 is 4.90 Å². The Labute approximate surface area is 140 Å². The molecule has 0 atom stereocenters. The van der Waals surface area contributed by atoms with Gasteiger partial charge in [0.25, 0.3) is 5.91 Å². The molecule has 1 heterocycles. The van der Waals surface area contributed by atoms with Crippen LogP contribution in [0.25, 0.3) is 5.69 Å². The first-order valence-electron chi connectivity index (χ1n) is 7.79.